The number of hydrogen-bond donors (Lipinski definition) is 3. The standard InChI is InChI=1S/C20H22FN3O2/c1-4-5-16(25)24-13-7-6-12(8-13)18-15(21)9-14(20(22)26)19-17(18)10(2)11(3)23-19/h9,12-13,23H,6-8H2,1-3H3,(H2,22,26)(H,24,25)/t12-,13+/m1/s1. The van der Waals surface area contributed by atoms with E-state index in [4.69, 9.17) is 5.73 Å². The first kappa shape index (κ1) is 18.0. The van der Waals surface area contributed by atoms with E-state index in [0.717, 1.165) is 29.5 Å². The highest BCUT2D eigenvalue weighted by Gasteiger charge is 2.32. The van der Waals surface area contributed by atoms with Gasteiger partial charge in [-0.2, -0.15) is 0 Å². The van der Waals surface area contributed by atoms with Gasteiger partial charge in [-0.3, -0.25) is 9.59 Å². The molecule has 2 amide bonds. The van der Waals surface area contributed by atoms with Crippen molar-refractivity contribution in [2.75, 3.05) is 0 Å². The third kappa shape index (κ3) is 3.05. The van der Waals surface area contributed by atoms with Gasteiger partial charge >= 0.3 is 0 Å². The molecular formula is C20H22FN3O2. The number of aryl methyl sites for hydroxylation is 2. The SMILES string of the molecule is CC#CC(=O)N[C@H]1CC[C@@H](c2c(F)cc(C(N)=O)c3[nH]c(C)c(C)c23)C1. The van der Waals surface area contributed by atoms with E-state index in [1.807, 2.05) is 13.8 Å². The van der Waals surface area contributed by atoms with Gasteiger partial charge in [0.15, 0.2) is 0 Å². The Kier molecular flexibility index (Phi) is 4.73. The van der Waals surface area contributed by atoms with Crippen LogP contribution >= 0.6 is 0 Å². The molecule has 1 aliphatic carbocycles. The van der Waals surface area contributed by atoms with Crippen LogP contribution in [0.15, 0.2) is 6.07 Å². The lowest BCUT2D eigenvalue weighted by molar-refractivity contribution is -0.116. The number of primary amides is 1. The van der Waals surface area contributed by atoms with Gasteiger partial charge in [0.25, 0.3) is 11.8 Å². The second kappa shape index (κ2) is 6.83. The van der Waals surface area contributed by atoms with Crippen molar-refractivity contribution in [3.8, 4) is 11.8 Å². The van der Waals surface area contributed by atoms with Crippen molar-refractivity contribution in [3.05, 3.63) is 34.3 Å². The Morgan fingerprint density at radius 3 is 2.73 bits per heavy atom. The molecule has 1 aromatic heterocycles. The summed E-state index contributed by atoms with van der Waals surface area (Å²) in [6.07, 6.45) is 2.17. The van der Waals surface area contributed by atoms with E-state index in [-0.39, 0.29) is 23.4 Å². The van der Waals surface area contributed by atoms with E-state index in [1.54, 1.807) is 6.92 Å². The number of hydrogen-bond acceptors (Lipinski definition) is 2. The van der Waals surface area contributed by atoms with E-state index >= 15 is 0 Å². The minimum atomic E-state index is -0.656. The van der Waals surface area contributed by atoms with Crippen molar-refractivity contribution in [2.24, 2.45) is 5.73 Å². The smallest absolute Gasteiger partial charge is 0.296 e. The number of carbonyl (C=O) groups excluding carboxylic acids is 2. The predicted molar refractivity (Wildman–Crippen MR) is 98.2 cm³/mol. The summed E-state index contributed by atoms with van der Waals surface area (Å²) in [5.41, 5.74) is 8.59. The third-order valence-electron chi connectivity index (χ3n) is 5.25. The van der Waals surface area contributed by atoms with Crippen LogP contribution in [0, 0.1) is 31.5 Å². The van der Waals surface area contributed by atoms with Gasteiger partial charge in [-0.05, 0) is 63.5 Å². The summed E-state index contributed by atoms with van der Waals surface area (Å²) in [5, 5.41) is 3.62. The van der Waals surface area contributed by atoms with Crippen LogP contribution in [-0.4, -0.2) is 22.8 Å². The lowest BCUT2D eigenvalue weighted by Gasteiger charge is -2.16. The summed E-state index contributed by atoms with van der Waals surface area (Å²) >= 11 is 0. The Morgan fingerprint density at radius 2 is 2.08 bits per heavy atom. The van der Waals surface area contributed by atoms with Crippen molar-refractivity contribution in [3.63, 3.8) is 0 Å². The zero-order chi connectivity index (χ0) is 19.0. The van der Waals surface area contributed by atoms with Gasteiger partial charge in [0.2, 0.25) is 0 Å². The number of aromatic amines is 1. The Morgan fingerprint density at radius 1 is 1.35 bits per heavy atom. The number of carbonyl (C=O) groups is 2. The summed E-state index contributed by atoms with van der Waals surface area (Å²) < 4.78 is 15.0. The summed E-state index contributed by atoms with van der Waals surface area (Å²) in [4.78, 5) is 26.6. The first-order chi connectivity index (χ1) is 12.3. The number of amides is 2. The van der Waals surface area contributed by atoms with Gasteiger partial charge in [-0.1, -0.05) is 5.92 Å². The zero-order valence-corrected chi connectivity index (χ0v) is 15.1. The van der Waals surface area contributed by atoms with Crippen molar-refractivity contribution in [1.29, 1.82) is 0 Å². The Labute approximate surface area is 151 Å². The molecule has 0 spiro atoms. The molecule has 0 radical (unpaired) electrons. The molecule has 0 bridgehead atoms. The van der Waals surface area contributed by atoms with Crippen molar-refractivity contribution >= 4 is 22.7 Å². The van der Waals surface area contributed by atoms with Gasteiger partial charge in [0, 0.05) is 22.7 Å². The Balaban J connectivity index is 2.02. The molecule has 1 aliphatic rings. The molecule has 26 heavy (non-hydrogen) atoms. The molecule has 0 aliphatic heterocycles. The fraction of sp³-hybridized carbons (Fsp3) is 0.400. The first-order valence-corrected chi connectivity index (χ1v) is 8.67. The highest BCUT2D eigenvalue weighted by Crippen LogP contribution is 2.41. The van der Waals surface area contributed by atoms with Gasteiger partial charge in [-0.15, -0.1) is 0 Å². The molecule has 0 unspecified atom stereocenters. The van der Waals surface area contributed by atoms with E-state index in [0.29, 0.717) is 17.5 Å². The average Bonchev–Trinajstić information content (AvgIpc) is 3.13. The van der Waals surface area contributed by atoms with Crippen LogP contribution in [0.5, 0.6) is 0 Å². The molecular weight excluding hydrogens is 333 g/mol. The van der Waals surface area contributed by atoms with E-state index in [1.165, 1.54) is 6.07 Å². The van der Waals surface area contributed by atoms with Crippen LogP contribution in [0.1, 0.15) is 59.3 Å². The van der Waals surface area contributed by atoms with Crippen LogP contribution in [0.2, 0.25) is 0 Å². The molecule has 1 fully saturated rings. The molecule has 2 aromatic rings. The molecule has 1 aromatic carbocycles. The van der Waals surface area contributed by atoms with Gasteiger partial charge in [-0.25, -0.2) is 4.39 Å². The van der Waals surface area contributed by atoms with Crippen LogP contribution in [0.25, 0.3) is 10.9 Å². The van der Waals surface area contributed by atoms with Crippen molar-refractivity contribution in [1.82, 2.24) is 10.3 Å². The predicted octanol–water partition coefficient (Wildman–Crippen LogP) is 2.80. The van der Waals surface area contributed by atoms with E-state index in [9.17, 15) is 14.0 Å². The lowest BCUT2D eigenvalue weighted by Crippen LogP contribution is -2.31. The first-order valence-electron chi connectivity index (χ1n) is 8.67. The third-order valence-corrected chi connectivity index (χ3v) is 5.25. The highest BCUT2D eigenvalue weighted by molar-refractivity contribution is 6.07. The van der Waals surface area contributed by atoms with Crippen LogP contribution in [0.3, 0.4) is 0 Å². The highest BCUT2D eigenvalue weighted by atomic mass is 19.1. The number of fused-ring (bicyclic) bond motifs is 1. The number of H-pyrrole nitrogens is 1. The molecule has 136 valence electrons. The summed E-state index contributed by atoms with van der Waals surface area (Å²) in [5.74, 6) is 3.63. The Bertz CT molecular complexity index is 965. The number of nitrogens with two attached hydrogens (primary N) is 1. The maximum atomic E-state index is 15.0. The number of aromatic nitrogens is 1. The number of nitrogens with one attached hydrogen (secondary N) is 2. The normalized spacial score (nSPS) is 19.2. The summed E-state index contributed by atoms with van der Waals surface area (Å²) in [7, 11) is 0. The monoisotopic (exact) mass is 355 g/mol. The van der Waals surface area contributed by atoms with Crippen LogP contribution in [-0.2, 0) is 4.79 Å². The quantitative estimate of drug-likeness (QED) is 0.739. The number of halogens is 1. The Hall–Kier alpha value is -2.81. The largest absolute Gasteiger partial charge is 0.366 e. The van der Waals surface area contributed by atoms with Gasteiger partial charge in [0.1, 0.15) is 5.82 Å². The van der Waals surface area contributed by atoms with Crippen LogP contribution < -0.4 is 11.1 Å². The number of benzene rings is 1. The second-order valence-electron chi connectivity index (χ2n) is 6.86. The minimum absolute atomic E-state index is 0.0287. The maximum Gasteiger partial charge on any atom is 0.296 e. The van der Waals surface area contributed by atoms with Crippen molar-refractivity contribution < 1.29 is 14.0 Å². The summed E-state index contributed by atoms with van der Waals surface area (Å²) in [6.45, 7) is 5.41. The van der Waals surface area contributed by atoms with Crippen LogP contribution in [0.4, 0.5) is 4.39 Å². The summed E-state index contributed by atoms with van der Waals surface area (Å²) in [6, 6.07) is 1.20. The minimum Gasteiger partial charge on any atom is -0.366 e. The van der Waals surface area contributed by atoms with E-state index in [2.05, 4.69) is 22.1 Å². The van der Waals surface area contributed by atoms with E-state index < -0.39 is 11.7 Å². The topological polar surface area (TPSA) is 88.0 Å². The van der Waals surface area contributed by atoms with Gasteiger partial charge < -0.3 is 16.0 Å². The lowest BCUT2D eigenvalue weighted by atomic mass is 9.90. The molecule has 4 N–H and O–H groups in total. The molecule has 0 saturated heterocycles. The molecule has 2 atom stereocenters. The fourth-order valence-electron chi connectivity index (χ4n) is 3.96. The second-order valence-corrected chi connectivity index (χ2v) is 6.86. The average molecular weight is 355 g/mol. The maximum absolute atomic E-state index is 15.0. The number of rotatable bonds is 3. The molecule has 1 heterocycles. The van der Waals surface area contributed by atoms with Gasteiger partial charge in [0.05, 0.1) is 11.1 Å². The molecule has 6 heteroatoms. The van der Waals surface area contributed by atoms with Crippen molar-refractivity contribution in [2.45, 2.75) is 52.0 Å². The molecule has 3 rings (SSSR count). The zero-order valence-electron chi connectivity index (χ0n) is 15.1. The fourth-order valence-corrected chi connectivity index (χ4v) is 3.96. The molecule has 1 saturated carbocycles. The molecule has 5 nitrogen and oxygen atoms in total.